The largest absolute Gasteiger partial charge is 0.381 e. The Balaban J connectivity index is 1.69. The van der Waals surface area contributed by atoms with Crippen LogP contribution in [0.15, 0.2) is 0 Å². The molecule has 2 rings (SSSR count). The molecule has 1 aliphatic heterocycles. The predicted octanol–water partition coefficient (Wildman–Crippen LogP) is 2.80. The zero-order chi connectivity index (χ0) is 13.9. The molecule has 0 aromatic rings. The summed E-state index contributed by atoms with van der Waals surface area (Å²) in [5, 5.41) is 3.89. The highest BCUT2D eigenvalue weighted by Crippen LogP contribution is 2.24. The van der Waals surface area contributed by atoms with Crippen LogP contribution in [-0.4, -0.2) is 48.8 Å². The average molecular weight is 268 g/mol. The van der Waals surface area contributed by atoms with Crippen LogP contribution in [0.25, 0.3) is 0 Å². The number of methoxy groups -OCH3 is 1. The fraction of sp³-hybridized carbons (Fsp3) is 1.00. The minimum Gasteiger partial charge on any atom is -0.381 e. The van der Waals surface area contributed by atoms with Crippen molar-refractivity contribution in [2.75, 3.05) is 20.2 Å². The van der Waals surface area contributed by atoms with Gasteiger partial charge in [0.25, 0.3) is 0 Å². The predicted molar refractivity (Wildman–Crippen MR) is 80.5 cm³/mol. The van der Waals surface area contributed by atoms with E-state index in [1.807, 2.05) is 7.11 Å². The van der Waals surface area contributed by atoms with E-state index in [1.54, 1.807) is 0 Å². The molecule has 0 radical (unpaired) electrons. The first-order valence-electron chi connectivity index (χ1n) is 8.03. The molecule has 0 atom stereocenters. The van der Waals surface area contributed by atoms with Crippen LogP contribution in [0.4, 0.5) is 0 Å². The molecule has 3 nitrogen and oxygen atoms in total. The van der Waals surface area contributed by atoms with Crippen LogP contribution in [0, 0.1) is 0 Å². The smallest absolute Gasteiger partial charge is 0.0572 e. The molecular formula is C16H32N2O. The van der Waals surface area contributed by atoms with Crippen molar-refractivity contribution in [2.45, 2.75) is 83.0 Å². The van der Waals surface area contributed by atoms with E-state index in [9.17, 15) is 0 Å². The third-order valence-electron chi connectivity index (χ3n) is 4.92. The Labute approximate surface area is 119 Å². The first-order chi connectivity index (χ1) is 8.99. The molecule has 0 aromatic heterocycles. The van der Waals surface area contributed by atoms with E-state index in [0.717, 1.165) is 12.1 Å². The summed E-state index contributed by atoms with van der Waals surface area (Å²) in [5.41, 5.74) is 0.335. The number of nitrogens with one attached hydrogen (secondary N) is 1. The number of nitrogens with zero attached hydrogens (tertiary/aromatic N) is 1. The third-order valence-corrected chi connectivity index (χ3v) is 4.92. The van der Waals surface area contributed by atoms with Gasteiger partial charge in [0.2, 0.25) is 0 Å². The number of piperidine rings is 1. The van der Waals surface area contributed by atoms with E-state index < -0.39 is 0 Å². The minimum atomic E-state index is 0.335. The van der Waals surface area contributed by atoms with Crippen LogP contribution in [-0.2, 0) is 4.74 Å². The summed E-state index contributed by atoms with van der Waals surface area (Å²) < 4.78 is 5.45. The highest BCUT2D eigenvalue weighted by molar-refractivity contribution is 4.87. The van der Waals surface area contributed by atoms with Crippen molar-refractivity contribution in [3.8, 4) is 0 Å². The molecule has 1 N–H and O–H groups in total. The second-order valence-electron chi connectivity index (χ2n) is 7.31. The van der Waals surface area contributed by atoms with Gasteiger partial charge < -0.3 is 10.1 Å². The Morgan fingerprint density at radius 2 is 1.42 bits per heavy atom. The molecular weight excluding hydrogens is 236 g/mol. The molecule has 3 heteroatoms. The Kier molecular flexibility index (Phi) is 5.27. The van der Waals surface area contributed by atoms with Crippen LogP contribution in [0.2, 0.25) is 0 Å². The fourth-order valence-corrected chi connectivity index (χ4v) is 3.52. The molecule has 1 saturated heterocycles. The monoisotopic (exact) mass is 268 g/mol. The van der Waals surface area contributed by atoms with E-state index in [2.05, 4.69) is 31.0 Å². The summed E-state index contributed by atoms with van der Waals surface area (Å²) in [6.45, 7) is 9.47. The van der Waals surface area contributed by atoms with Gasteiger partial charge in [0.15, 0.2) is 0 Å². The Bertz CT molecular complexity index is 258. The molecule has 0 spiro atoms. The van der Waals surface area contributed by atoms with Crippen molar-refractivity contribution in [1.29, 1.82) is 0 Å². The maximum atomic E-state index is 5.45. The summed E-state index contributed by atoms with van der Waals surface area (Å²) >= 11 is 0. The van der Waals surface area contributed by atoms with Crippen molar-refractivity contribution in [3.63, 3.8) is 0 Å². The van der Waals surface area contributed by atoms with Gasteiger partial charge in [0.1, 0.15) is 0 Å². The van der Waals surface area contributed by atoms with Gasteiger partial charge in [0.05, 0.1) is 6.10 Å². The summed E-state index contributed by atoms with van der Waals surface area (Å²) in [4.78, 5) is 2.62. The van der Waals surface area contributed by atoms with Crippen molar-refractivity contribution in [3.05, 3.63) is 0 Å². The number of rotatable bonds is 3. The summed E-state index contributed by atoms with van der Waals surface area (Å²) in [6.07, 6.45) is 8.17. The topological polar surface area (TPSA) is 24.5 Å². The molecule has 112 valence electrons. The van der Waals surface area contributed by atoms with Gasteiger partial charge in [-0.15, -0.1) is 0 Å². The van der Waals surface area contributed by atoms with E-state index in [4.69, 9.17) is 4.74 Å². The summed E-state index contributed by atoms with van der Waals surface area (Å²) in [5.74, 6) is 0. The van der Waals surface area contributed by atoms with Gasteiger partial charge in [-0.25, -0.2) is 0 Å². The molecule has 1 saturated carbocycles. The second kappa shape index (κ2) is 6.55. The lowest BCUT2D eigenvalue weighted by molar-refractivity contribution is 0.0556. The molecule has 19 heavy (non-hydrogen) atoms. The average Bonchev–Trinajstić information content (AvgIpc) is 2.39. The first kappa shape index (κ1) is 15.3. The molecule has 0 bridgehead atoms. The molecule has 2 aliphatic rings. The lowest BCUT2D eigenvalue weighted by Crippen LogP contribution is -2.52. The van der Waals surface area contributed by atoms with Gasteiger partial charge in [-0.1, -0.05) is 0 Å². The number of ether oxygens (including phenoxy) is 1. The Morgan fingerprint density at radius 1 is 0.895 bits per heavy atom. The summed E-state index contributed by atoms with van der Waals surface area (Å²) in [7, 11) is 1.85. The van der Waals surface area contributed by atoms with Gasteiger partial charge >= 0.3 is 0 Å². The van der Waals surface area contributed by atoms with E-state index in [1.165, 1.54) is 51.6 Å². The van der Waals surface area contributed by atoms with Crippen LogP contribution in [0.1, 0.15) is 59.3 Å². The number of hydrogen-bond donors (Lipinski definition) is 1. The molecule has 0 aromatic carbocycles. The quantitative estimate of drug-likeness (QED) is 0.852. The zero-order valence-corrected chi connectivity index (χ0v) is 13.2. The van der Waals surface area contributed by atoms with Crippen molar-refractivity contribution in [2.24, 2.45) is 0 Å². The van der Waals surface area contributed by atoms with E-state index in [0.29, 0.717) is 11.6 Å². The van der Waals surface area contributed by atoms with Gasteiger partial charge in [-0.05, 0) is 59.3 Å². The molecule has 0 amide bonds. The van der Waals surface area contributed by atoms with E-state index >= 15 is 0 Å². The molecule has 0 unspecified atom stereocenters. The summed E-state index contributed by atoms with van der Waals surface area (Å²) in [6, 6.07) is 1.47. The minimum absolute atomic E-state index is 0.335. The van der Waals surface area contributed by atoms with Crippen molar-refractivity contribution < 1.29 is 4.74 Å². The Morgan fingerprint density at radius 3 is 1.89 bits per heavy atom. The van der Waals surface area contributed by atoms with Gasteiger partial charge in [-0.3, -0.25) is 4.90 Å². The van der Waals surface area contributed by atoms with Crippen LogP contribution >= 0.6 is 0 Å². The Hall–Kier alpha value is -0.120. The zero-order valence-electron chi connectivity index (χ0n) is 13.2. The maximum Gasteiger partial charge on any atom is 0.0572 e. The molecule has 1 aliphatic carbocycles. The van der Waals surface area contributed by atoms with Crippen LogP contribution in [0.5, 0.6) is 0 Å². The normalized spacial score (nSPS) is 31.6. The van der Waals surface area contributed by atoms with Crippen LogP contribution < -0.4 is 5.32 Å². The lowest BCUT2D eigenvalue weighted by Gasteiger charge is -2.42. The first-order valence-corrected chi connectivity index (χ1v) is 8.03. The van der Waals surface area contributed by atoms with Gasteiger partial charge in [-0.2, -0.15) is 0 Å². The lowest BCUT2D eigenvalue weighted by atomic mass is 9.91. The number of hydrogen-bond acceptors (Lipinski definition) is 3. The fourth-order valence-electron chi connectivity index (χ4n) is 3.52. The second-order valence-corrected chi connectivity index (χ2v) is 7.31. The van der Waals surface area contributed by atoms with Crippen molar-refractivity contribution in [1.82, 2.24) is 10.2 Å². The standard InChI is InChI=1S/C16H32N2O/c1-16(2,3)18-11-9-14(10-12-18)17-13-5-7-15(19-4)8-6-13/h13-15,17H,5-12H2,1-4H3. The number of likely N-dealkylation sites (tertiary alicyclic amines) is 1. The highest BCUT2D eigenvalue weighted by Gasteiger charge is 2.29. The third kappa shape index (κ3) is 4.44. The van der Waals surface area contributed by atoms with Gasteiger partial charge in [0, 0.05) is 37.8 Å². The SMILES string of the molecule is COC1CCC(NC2CCN(C(C)(C)C)CC2)CC1. The van der Waals surface area contributed by atoms with Crippen LogP contribution in [0.3, 0.4) is 0 Å². The highest BCUT2D eigenvalue weighted by atomic mass is 16.5. The maximum absolute atomic E-state index is 5.45. The molecule has 2 fully saturated rings. The molecule has 1 heterocycles. The van der Waals surface area contributed by atoms with E-state index in [-0.39, 0.29) is 0 Å². The van der Waals surface area contributed by atoms with Crippen molar-refractivity contribution >= 4 is 0 Å².